The molecule has 0 unspecified atom stereocenters. The number of amides is 1. The molecule has 0 bridgehead atoms. The average Bonchev–Trinajstić information content (AvgIpc) is 2.65. The van der Waals surface area contributed by atoms with E-state index in [0.29, 0.717) is 19.7 Å². The molecule has 1 aliphatic heterocycles. The normalized spacial score (nSPS) is 15.1. The minimum Gasteiger partial charge on any atom is -0.445 e. The smallest absolute Gasteiger partial charge is 0.410 e. The fraction of sp³-hybridized carbons (Fsp3) is 0.381. The minimum absolute atomic E-state index is 0.219. The van der Waals surface area contributed by atoms with Gasteiger partial charge in [-0.3, -0.25) is 4.90 Å². The molecule has 1 aliphatic rings. The Balaban J connectivity index is 1.47. The van der Waals surface area contributed by atoms with Crippen LogP contribution in [0.1, 0.15) is 22.3 Å². The van der Waals surface area contributed by atoms with Gasteiger partial charge in [0, 0.05) is 37.2 Å². The highest BCUT2D eigenvalue weighted by Gasteiger charge is 2.22. The molecule has 1 heterocycles. The van der Waals surface area contributed by atoms with Crippen molar-refractivity contribution < 1.29 is 9.53 Å². The number of piperazine rings is 1. The summed E-state index contributed by atoms with van der Waals surface area (Å²) in [5.74, 6) is 0. The van der Waals surface area contributed by atoms with Crippen LogP contribution in [0.15, 0.2) is 46.9 Å². The van der Waals surface area contributed by atoms with Crippen LogP contribution in [0.4, 0.5) is 4.79 Å². The van der Waals surface area contributed by atoms with E-state index in [9.17, 15) is 4.79 Å². The van der Waals surface area contributed by atoms with Crippen molar-refractivity contribution in [2.75, 3.05) is 26.2 Å². The summed E-state index contributed by atoms with van der Waals surface area (Å²) in [7, 11) is 0. The second-order valence-electron chi connectivity index (χ2n) is 6.85. The molecule has 0 aliphatic carbocycles. The van der Waals surface area contributed by atoms with Crippen LogP contribution in [0.3, 0.4) is 0 Å². The fourth-order valence-corrected chi connectivity index (χ4v) is 3.51. The number of benzene rings is 2. The first-order chi connectivity index (χ1) is 12.5. The van der Waals surface area contributed by atoms with Gasteiger partial charge in [0.15, 0.2) is 0 Å². The van der Waals surface area contributed by atoms with Crippen molar-refractivity contribution >= 4 is 22.0 Å². The Labute approximate surface area is 163 Å². The molecular formula is C21H25BrN2O2. The van der Waals surface area contributed by atoms with E-state index in [4.69, 9.17) is 4.74 Å². The van der Waals surface area contributed by atoms with Gasteiger partial charge in [-0.2, -0.15) is 0 Å². The Bertz CT molecular complexity index is 733. The first kappa shape index (κ1) is 18.9. The van der Waals surface area contributed by atoms with E-state index in [1.165, 1.54) is 21.2 Å². The van der Waals surface area contributed by atoms with Gasteiger partial charge in [-0.1, -0.05) is 58.4 Å². The second kappa shape index (κ2) is 8.69. The largest absolute Gasteiger partial charge is 0.445 e. The van der Waals surface area contributed by atoms with E-state index in [1.807, 2.05) is 30.3 Å². The number of carbonyl (C=O) groups excluding carboxylic acids is 1. The number of halogens is 1. The molecule has 26 heavy (non-hydrogen) atoms. The van der Waals surface area contributed by atoms with Crippen LogP contribution < -0.4 is 0 Å². The summed E-state index contributed by atoms with van der Waals surface area (Å²) in [6.45, 7) is 8.66. The highest BCUT2D eigenvalue weighted by molar-refractivity contribution is 9.10. The number of nitrogens with zero attached hydrogens (tertiary/aromatic N) is 2. The zero-order valence-corrected chi connectivity index (χ0v) is 17.0. The van der Waals surface area contributed by atoms with Crippen molar-refractivity contribution in [2.24, 2.45) is 0 Å². The van der Waals surface area contributed by atoms with Crippen molar-refractivity contribution in [2.45, 2.75) is 27.0 Å². The molecule has 0 aromatic heterocycles. The van der Waals surface area contributed by atoms with Crippen molar-refractivity contribution in [1.82, 2.24) is 9.80 Å². The Hall–Kier alpha value is -1.85. The molecular weight excluding hydrogens is 392 g/mol. The lowest BCUT2D eigenvalue weighted by Crippen LogP contribution is -2.48. The van der Waals surface area contributed by atoms with Crippen molar-refractivity contribution in [3.05, 3.63) is 69.2 Å². The van der Waals surface area contributed by atoms with Gasteiger partial charge in [0.25, 0.3) is 0 Å². The number of ether oxygens (including phenoxy) is 1. The van der Waals surface area contributed by atoms with E-state index < -0.39 is 0 Å². The minimum atomic E-state index is -0.219. The highest BCUT2D eigenvalue weighted by atomic mass is 79.9. The number of aryl methyl sites for hydroxylation is 2. The average molecular weight is 417 g/mol. The summed E-state index contributed by atoms with van der Waals surface area (Å²) in [4.78, 5) is 16.4. The maximum atomic E-state index is 12.2. The van der Waals surface area contributed by atoms with Gasteiger partial charge in [0.05, 0.1) is 0 Å². The number of hydrogen-bond donors (Lipinski definition) is 0. The summed E-state index contributed by atoms with van der Waals surface area (Å²) >= 11 is 3.62. The molecule has 3 rings (SSSR count). The van der Waals surface area contributed by atoms with Crippen molar-refractivity contribution in [1.29, 1.82) is 0 Å². The summed E-state index contributed by atoms with van der Waals surface area (Å²) in [5.41, 5.74) is 4.87. The van der Waals surface area contributed by atoms with Crippen molar-refractivity contribution in [3.8, 4) is 0 Å². The van der Waals surface area contributed by atoms with E-state index in [0.717, 1.165) is 25.2 Å². The third-order valence-electron chi connectivity index (χ3n) is 4.74. The van der Waals surface area contributed by atoms with Crippen LogP contribution in [0.5, 0.6) is 0 Å². The van der Waals surface area contributed by atoms with Gasteiger partial charge in [-0.25, -0.2) is 4.79 Å². The lowest BCUT2D eigenvalue weighted by molar-refractivity contribution is 0.0700. The van der Waals surface area contributed by atoms with Gasteiger partial charge in [0.1, 0.15) is 6.61 Å². The molecule has 5 heteroatoms. The first-order valence-corrected chi connectivity index (χ1v) is 9.76. The number of rotatable bonds is 4. The second-order valence-corrected chi connectivity index (χ2v) is 7.64. The number of hydrogen-bond acceptors (Lipinski definition) is 3. The maximum absolute atomic E-state index is 12.2. The van der Waals surface area contributed by atoms with Crippen LogP contribution >= 0.6 is 15.9 Å². The molecule has 0 saturated carbocycles. The zero-order chi connectivity index (χ0) is 18.5. The maximum Gasteiger partial charge on any atom is 0.410 e. The molecule has 0 spiro atoms. The molecule has 1 amide bonds. The molecule has 0 radical (unpaired) electrons. The van der Waals surface area contributed by atoms with Gasteiger partial charge in [-0.15, -0.1) is 0 Å². The Morgan fingerprint density at radius 3 is 2.23 bits per heavy atom. The van der Waals surface area contributed by atoms with Gasteiger partial charge in [-0.05, 0) is 36.1 Å². The Morgan fingerprint density at radius 2 is 1.62 bits per heavy atom. The summed E-state index contributed by atoms with van der Waals surface area (Å²) in [6, 6.07) is 14.3. The third-order valence-corrected chi connectivity index (χ3v) is 5.99. The molecule has 138 valence electrons. The van der Waals surface area contributed by atoms with Crippen LogP contribution in [-0.2, 0) is 17.9 Å². The quantitative estimate of drug-likeness (QED) is 0.734. The van der Waals surface area contributed by atoms with Gasteiger partial charge >= 0.3 is 6.09 Å². The fourth-order valence-electron chi connectivity index (χ4n) is 3.28. The van der Waals surface area contributed by atoms with Crippen LogP contribution in [0, 0.1) is 13.8 Å². The number of carbonyl (C=O) groups is 1. The monoisotopic (exact) mass is 416 g/mol. The topological polar surface area (TPSA) is 32.8 Å². The van der Waals surface area contributed by atoms with Crippen LogP contribution in [0.25, 0.3) is 0 Å². The van der Waals surface area contributed by atoms with Gasteiger partial charge < -0.3 is 9.64 Å². The molecule has 0 N–H and O–H groups in total. The molecule has 1 fully saturated rings. The van der Waals surface area contributed by atoms with E-state index in [2.05, 4.69) is 46.8 Å². The molecule has 2 aromatic rings. The summed E-state index contributed by atoms with van der Waals surface area (Å²) in [5, 5.41) is 0. The Morgan fingerprint density at radius 1 is 1.00 bits per heavy atom. The summed E-state index contributed by atoms with van der Waals surface area (Å²) in [6.07, 6.45) is -0.219. The van der Waals surface area contributed by atoms with E-state index in [-0.39, 0.29) is 6.09 Å². The third kappa shape index (κ3) is 4.86. The van der Waals surface area contributed by atoms with Gasteiger partial charge in [0.2, 0.25) is 0 Å². The lowest BCUT2D eigenvalue weighted by Gasteiger charge is -2.34. The van der Waals surface area contributed by atoms with Crippen LogP contribution in [0.2, 0.25) is 0 Å². The van der Waals surface area contributed by atoms with Crippen LogP contribution in [-0.4, -0.2) is 42.1 Å². The summed E-state index contributed by atoms with van der Waals surface area (Å²) < 4.78 is 6.62. The predicted octanol–water partition coefficient (Wildman–Crippen LogP) is 4.52. The molecule has 2 aromatic carbocycles. The zero-order valence-electron chi connectivity index (χ0n) is 15.4. The molecule has 0 atom stereocenters. The van der Waals surface area contributed by atoms with E-state index in [1.54, 1.807) is 4.90 Å². The SMILES string of the molecule is Cc1cc(CN2CCN(C(=O)OCc3ccccc3)CC2)cc(C)c1Br. The standard InChI is InChI=1S/C21H25BrN2O2/c1-16-12-19(13-17(2)20(16)22)14-23-8-10-24(11-9-23)21(25)26-15-18-6-4-3-5-7-18/h3-7,12-13H,8-11,14-15H2,1-2H3. The first-order valence-electron chi connectivity index (χ1n) is 8.96. The molecule has 1 saturated heterocycles. The molecule has 4 nitrogen and oxygen atoms in total. The Kier molecular flexibility index (Phi) is 6.33. The lowest BCUT2D eigenvalue weighted by atomic mass is 10.1. The highest BCUT2D eigenvalue weighted by Crippen LogP contribution is 2.23. The van der Waals surface area contributed by atoms with E-state index >= 15 is 0 Å². The predicted molar refractivity (Wildman–Crippen MR) is 107 cm³/mol. The van der Waals surface area contributed by atoms with Crippen molar-refractivity contribution in [3.63, 3.8) is 0 Å².